The number of aromatic amines is 1. The van der Waals surface area contributed by atoms with Gasteiger partial charge in [-0.1, -0.05) is 6.92 Å². The number of pyridine rings is 1. The zero-order chi connectivity index (χ0) is 13.3. The van der Waals surface area contributed by atoms with E-state index in [9.17, 15) is 4.79 Å². The van der Waals surface area contributed by atoms with E-state index in [0.717, 1.165) is 22.6 Å². The molecule has 0 aliphatic heterocycles. The van der Waals surface area contributed by atoms with Crippen molar-refractivity contribution >= 4 is 15.9 Å². The Morgan fingerprint density at radius 2 is 1.83 bits per heavy atom. The van der Waals surface area contributed by atoms with Crippen molar-refractivity contribution in [2.45, 2.75) is 27.2 Å². The van der Waals surface area contributed by atoms with Gasteiger partial charge in [0, 0.05) is 17.0 Å². The van der Waals surface area contributed by atoms with Gasteiger partial charge in [0.1, 0.15) is 10.3 Å². The molecule has 0 saturated heterocycles. The highest BCUT2D eigenvalue weighted by molar-refractivity contribution is 9.10. The van der Waals surface area contributed by atoms with Crippen LogP contribution in [0.15, 0.2) is 21.4 Å². The zero-order valence-electron chi connectivity index (χ0n) is 10.5. The Morgan fingerprint density at radius 1 is 1.22 bits per heavy atom. The first kappa shape index (κ1) is 13.0. The van der Waals surface area contributed by atoms with Gasteiger partial charge in [0.25, 0.3) is 5.56 Å². The molecule has 0 spiro atoms. The minimum atomic E-state index is -0.149. The smallest absolute Gasteiger partial charge is 0.265 e. The van der Waals surface area contributed by atoms with Gasteiger partial charge in [-0.05, 0) is 48.3 Å². The van der Waals surface area contributed by atoms with Crippen LogP contribution in [0.25, 0.3) is 11.4 Å². The molecular formula is C13H14BrN3O. The van der Waals surface area contributed by atoms with Gasteiger partial charge in [-0.2, -0.15) is 0 Å². The maximum atomic E-state index is 11.8. The number of hydrogen-bond donors (Lipinski definition) is 1. The fourth-order valence-corrected chi connectivity index (χ4v) is 2.32. The molecule has 0 atom stereocenters. The van der Waals surface area contributed by atoms with Crippen LogP contribution in [0, 0.1) is 13.8 Å². The van der Waals surface area contributed by atoms with Crippen LogP contribution >= 0.6 is 15.9 Å². The summed E-state index contributed by atoms with van der Waals surface area (Å²) in [5.74, 6) is 0.591. The van der Waals surface area contributed by atoms with E-state index in [-0.39, 0.29) is 5.56 Å². The van der Waals surface area contributed by atoms with Crippen molar-refractivity contribution in [1.82, 2.24) is 15.0 Å². The molecular weight excluding hydrogens is 294 g/mol. The summed E-state index contributed by atoms with van der Waals surface area (Å²) in [5.41, 5.74) is 3.33. The normalized spacial score (nSPS) is 10.7. The SMILES string of the molecule is CCc1nc(-c2cc(C)nc(C)c2)[nH]c(=O)c1Br. The zero-order valence-corrected chi connectivity index (χ0v) is 12.1. The molecule has 2 aromatic heterocycles. The van der Waals surface area contributed by atoms with E-state index in [1.165, 1.54) is 0 Å². The summed E-state index contributed by atoms with van der Waals surface area (Å²) in [4.78, 5) is 23.4. The monoisotopic (exact) mass is 307 g/mol. The lowest BCUT2D eigenvalue weighted by Crippen LogP contribution is -2.13. The van der Waals surface area contributed by atoms with Crippen LogP contribution in [-0.2, 0) is 6.42 Å². The molecule has 0 bridgehead atoms. The largest absolute Gasteiger partial charge is 0.306 e. The van der Waals surface area contributed by atoms with Crippen LogP contribution < -0.4 is 5.56 Å². The van der Waals surface area contributed by atoms with E-state index in [1.807, 2.05) is 32.9 Å². The Kier molecular flexibility index (Phi) is 3.61. The Hall–Kier alpha value is -1.49. The number of nitrogens with one attached hydrogen (secondary N) is 1. The topological polar surface area (TPSA) is 58.6 Å². The van der Waals surface area contributed by atoms with Crippen LogP contribution in [0.2, 0.25) is 0 Å². The van der Waals surface area contributed by atoms with Crippen LogP contribution in [0.1, 0.15) is 24.0 Å². The average Bonchev–Trinajstić information content (AvgIpc) is 2.31. The molecule has 0 aromatic carbocycles. The molecule has 2 rings (SSSR count). The summed E-state index contributed by atoms with van der Waals surface area (Å²) in [7, 11) is 0. The lowest BCUT2D eigenvalue weighted by Gasteiger charge is -2.06. The van der Waals surface area contributed by atoms with Crippen molar-refractivity contribution in [1.29, 1.82) is 0 Å². The highest BCUT2D eigenvalue weighted by Crippen LogP contribution is 2.18. The summed E-state index contributed by atoms with van der Waals surface area (Å²) in [5, 5.41) is 0. The lowest BCUT2D eigenvalue weighted by molar-refractivity contribution is 0.967. The third-order valence-corrected chi connectivity index (χ3v) is 3.44. The van der Waals surface area contributed by atoms with Gasteiger partial charge in [-0.25, -0.2) is 4.98 Å². The Bertz CT molecular complexity index is 629. The van der Waals surface area contributed by atoms with E-state index in [2.05, 4.69) is 30.9 Å². The second-order valence-corrected chi connectivity index (χ2v) is 4.96. The van der Waals surface area contributed by atoms with Gasteiger partial charge >= 0.3 is 0 Å². The Labute approximate surface area is 114 Å². The highest BCUT2D eigenvalue weighted by Gasteiger charge is 2.09. The molecule has 0 aliphatic carbocycles. The second-order valence-electron chi connectivity index (χ2n) is 4.17. The number of aromatic nitrogens is 3. The van der Waals surface area contributed by atoms with Crippen molar-refractivity contribution < 1.29 is 0 Å². The number of rotatable bonds is 2. The average molecular weight is 308 g/mol. The molecule has 0 fully saturated rings. The summed E-state index contributed by atoms with van der Waals surface area (Å²) < 4.78 is 0.510. The Morgan fingerprint density at radius 3 is 2.39 bits per heavy atom. The maximum absolute atomic E-state index is 11.8. The number of halogens is 1. The van der Waals surface area contributed by atoms with Gasteiger partial charge in [-0.3, -0.25) is 9.78 Å². The molecule has 5 heteroatoms. The van der Waals surface area contributed by atoms with Crippen molar-refractivity contribution in [3.8, 4) is 11.4 Å². The van der Waals surface area contributed by atoms with Crippen molar-refractivity contribution in [2.75, 3.05) is 0 Å². The van der Waals surface area contributed by atoms with Crippen LogP contribution in [0.5, 0.6) is 0 Å². The molecule has 0 unspecified atom stereocenters. The van der Waals surface area contributed by atoms with Gasteiger partial charge in [-0.15, -0.1) is 0 Å². The summed E-state index contributed by atoms with van der Waals surface area (Å²) >= 11 is 3.26. The molecule has 0 aliphatic rings. The van der Waals surface area contributed by atoms with Crippen molar-refractivity contribution in [3.05, 3.63) is 44.0 Å². The lowest BCUT2D eigenvalue weighted by atomic mass is 10.2. The second kappa shape index (κ2) is 5.02. The highest BCUT2D eigenvalue weighted by atomic mass is 79.9. The fraction of sp³-hybridized carbons (Fsp3) is 0.308. The number of aryl methyl sites for hydroxylation is 3. The van der Waals surface area contributed by atoms with E-state index < -0.39 is 0 Å². The fourth-order valence-electron chi connectivity index (χ4n) is 1.85. The summed E-state index contributed by atoms with van der Waals surface area (Å²) in [6.45, 7) is 5.82. The maximum Gasteiger partial charge on any atom is 0.265 e. The molecule has 18 heavy (non-hydrogen) atoms. The van der Waals surface area contributed by atoms with Crippen LogP contribution in [0.3, 0.4) is 0 Å². The molecule has 0 amide bonds. The Balaban J connectivity index is 2.64. The van der Waals surface area contributed by atoms with E-state index in [1.54, 1.807) is 0 Å². The first-order chi connectivity index (χ1) is 8.51. The van der Waals surface area contributed by atoms with E-state index in [4.69, 9.17) is 0 Å². The molecule has 2 heterocycles. The van der Waals surface area contributed by atoms with Crippen molar-refractivity contribution in [3.63, 3.8) is 0 Å². The van der Waals surface area contributed by atoms with Gasteiger partial charge < -0.3 is 4.98 Å². The van der Waals surface area contributed by atoms with E-state index >= 15 is 0 Å². The molecule has 94 valence electrons. The first-order valence-electron chi connectivity index (χ1n) is 5.75. The van der Waals surface area contributed by atoms with Gasteiger partial charge in [0.2, 0.25) is 0 Å². The summed E-state index contributed by atoms with van der Waals surface area (Å²) in [6, 6.07) is 3.83. The molecule has 0 radical (unpaired) electrons. The quantitative estimate of drug-likeness (QED) is 0.928. The van der Waals surface area contributed by atoms with Crippen LogP contribution in [0.4, 0.5) is 0 Å². The number of nitrogens with zero attached hydrogens (tertiary/aromatic N) is 2. The molecule has 4 nitrogen and oxygen atoms in total. The first-order valence-corrected chi connectivity index (χ1v) is 6.55. The minimum absolute atomic E-state index is 0.149. The molecule has 1 N–H and O–H groups in total. The standard InChI is InChI=1S/C13H14BrN3O/c1-4-10-11(14)13(18)17-12(16-10)9-5-7(2)15-8(3)6-9/h5-6H,4H2,1-3H3,(H,16,17,18). The predicted molar refractivity (Wildman–Crippen MR) is 74.6 cm³/mol. The molecule has 2 aromatic rings. The van der Waals surface area contributed by atoms with E-state index in [0.29, 0.717) is 16.7 Å². The summed E-state index contributed by atoms with van der Waals surface area (Å²) in [6.07, 6.45) is 0.709. The third kappa shape index (κ3) is 2.51. The minimum Gasteiger partial charge on any atom is -0.306 e. The predicted octanol–water partition coefficient (Wildman–Crippen LogP) is 2.77. The van der Waals surface area contributed by atoms with Crippen LogP contribution in [-0.4, -0.2) is 15.0 Å². The number of H-pyrrole nitrogens is 1. The van der Waals surface area contributed by atoms with Crippen molar-refractivity contribution in [2.24, 2.45) is 0 Å². The third-order valence-electron chi connectivity index (χ3n) is 2.62. The number of hydrogen-bond acceptors (Lipinski definition) is 3. The van der Waals surface area contributed by atoms with Gasteiger partial charge in [0.05, 0.1) is 5.69 Å². The molecule has 0 saturated carbocycles. The van der Waals surface area contributed by atoms with Gasteiger partial charge in [0.15, 0.2) is 0 Å².